The number of hydrogen-bond acceptors (Lipinski definition) is 3. The highest BCUT2D eigenvalue weighted by Crippen LogP contribution is 2.19. The highest BCUT2D eigenvalue weighted by molar-refractivity contribution is 5.94. The molecule has 1 fully saturated rings. The molecule has 0 saturated carbocycles. The first-order valence-electron chi connectivity index (χ1n) is 8.96. The maximum Gasteiger partial charge on any atom is 0.251 e. The maximum absolute atomic E-state index is 11.8. The van der Waals surface area contributed by atoms with Gasteiger partial charge in [0, 0.05) is 44.8 Å². The first-order chi connectivity index (χ1) is 12.2. The molecule has 0 aliphatic carbocycles. The lowest BCUT2D eigenvalue weighted by molar-refractivity contribution is 0.0963. The zero-order chi connectivity index (χ0) is 17.6. The molecule has 0 spiro atoms. The third-order valence-corrected chi connectivity index (χ3v) is 4.92. The fourth-order valence-electron chi connectivity index (χ4n) is 3.52. The summed E-state index contributed by atoms with van der Waals surface area (Å²) in [5, 5.41) is 6.35. The summed E-state index contributed by atoms with van der Waals surface area (Å²) < 4.78 is 0. The molecule has 0 aromatic heterocycles. The summed E-state index contributed by atoms with van der Waals surface area (Å²) >= 11 is 0. The van der Waals surface area contributed by atoms with Crippen molar-refractivity contribution in [2.75, 3.05) is 20.1 Å². The smallest absolute Gasteiger partial charge is 0.251 e. The Labute approximate surface area is 150 Å². The molecule has 4 nitrogen and oxygen atoms in total. The Bertz CT molecular complexity index is 701. The van der Waals surface area contributed by atoms with E-state index in [2.05, 4.69) is 58.9 Å². The summed E-state index contributed by atoms with van der Waals surface area (Å²) in [7, 11) is 1.66. The molecule has 2 aromatic rings. The first kappa shape index (κ1) is 17.6. The molecule has 1 aliphatic heterocycles. The van der Waals surface area contributed by atoms with Gasteiger partial charge in [-0.25, -0.2) is 0 Å². The van der Waals surface area contributed by atoms with Crippen molar-refractivity contribution in [2.45, 2.75) is 26.1 Å². The normalized spacial score (nSPS) is 20.6. The highest BCUT2D eigenvalue weighted by Gasteiger charge is 2.28. The Morgan fingerprint density at radius 2 is 1.84 bits per heavy atom. The molecule has 1 heterocycles. The monoisotopic (exact) mass is 337 g/mol. The minimum atomic E-state index is -0.0369. The Morgan fingerprint density at radius 3 is 2.60 bits per heavy atom. The lowest BCUT2D eigenvalue weighted by Gasteiger charge is -2.17. The molecule has 0 bridgehead atoms. The van der Waals surface area contributed by atoms with Gasteiger partial charge in [-0.1, -0.05) is 49.4 Å². The van der Waals surface area contributed by atoms with Gasteiger partial charge in [0.05, 0.1) is 0 Å². The van der Waals surface area contributed by atoms with E-state index < -0.39 is 0 Å². The quantitative estimate of drug-likeness (QED) is 0.852. The second kappa shape index (κ2) is 8.28. The molecule has 3 rings (SSSR count). The molecule has 2 N–H and O–H groups in total. The lowest BCUT2D eigenvalue weighted by Crippen LogP contribution is -2.35. The minimum Gasteiger partial charge on any atom is -0.355 e. The number of likely N-dealkylation sites (tertiary alicyclic amines) is 1. The Morgan fingerprint density at radius 1 is 1.08 bits per heavy atom. The minimum absolute atomic E-state index is 0.0369. The van der Waals surface area contributed by atoms with Crippen molar-refractivity contribution in [2.24, 2.45) is 5.92 Å². The van der Waals surface area contributed by atoms with Crippen LogP contribution in [0.2, 0.25) is 0 Å². The summed E-state index contributed by atoms with van der Waals surface area (Å²) in [6, 6.07) is 19.0. The number of carbonyl (C=O) groups excluding carboxylic acids is 1. The molecular formula is C21H27N3O. The van der Waals surface area contributed by atoms with E-state index in [1.807, 2.05) is 18.2 Å². The van der Waals surface area contributed by atoms with Gasteiger partial charge in [-0.05, 0) is 29.2 Å². The lowest BCUT2D eigenvalue weighted by atomic mass is 10.1. The van der Waals surface area contributed by atoms with Gasteiger partial charge in [0.25, 0.3) is 5.91 Å². The van der Waals surface area contributed by atoms with Gasteiger partial charge in [-0.3, -0.25) is 9.69 Å². The van der Waals surface area contributed by atoms with Crippen LogP contribution in [0.25, 0.3) is 0 Å². The van der Waals surface area contributed by atoms with Crippen LogP contribution in [0.5, 0.6) is 0 Å². The number of rotatable bonds is 6. The van der Waals surface area contributed by atoms with Crippen LogP contribution in [0, 0.1) is 5.92 Å². The van der Waals surface area contributed by atoms with Gasteiger partial charge in [0.2, 0.25) is 0 Å². The summed E-state index contributed by atoms with van der Waals surface area (Å²) in [4.78, 5) is 14.3. The maximum atomic E-state index is 11.8. The average Bonchev–Trinajstić information content (AvgIpc) is 2.99. The number of nitrogens with one attached hydrogen (secondary N) is 2. The van der Waals surface area contributed by atoms with Crippen LogP contribution in [0.15, 0.2) is 54.6 Å². The van der Waals surface area contributed by atoms with Crippen LogP contribution in [0.1, 0.15) is 28.4 Å². The second-order valence-electron chi connectivity index (χ2n) is 6.92. The van der Waals surface area contributed by atoms with Crippen LogP contribution in [0.3, 0.4) is 0 Å². The van der Waals surface area contributed by atoms with Gasteiger partial charge < -0.3 is 10.6 Å². The number of nitrogens with zero attached hydrogens (tertiary/aromatic N) is 1. The zero-order valence-electron chi connectivity index (χ0n) is 15.0. The van der Waals surface area contributed by atoms with E-state index in [4.69, 9.17) is 0 Å². The van der Waals surface area contributed by atoms with Crippen molar-refractivity contribution in [3.05, 3.63) is 71.3 Å². The largest absolute Gasteiger partial charge is 0.355 e. The first-order valence-corrected chi connectivity index (χ1v) is 8.96. The molecule has 0 radical (unpaired) electrons. The number of amides is 1. The standard InChI is InChI=1S/C21H27N3O/c1-16-13-24(14-17-7-4-3-5-8-17)15-20(16)23-12-18-9-6-10-19(11-18)21(25)22-2/h3-11,16,20,23H,12-15H2,1-2H3,(H,22,25)/t16-,20-/m0/s1. The van der Waals surface area contributed by atoms with Crippen LogP contribution in [-0.4, -0.2) is 37.0 Å². The fraction of sp³-hybridized carbons (Fsp3) is 0.381. The van der Waals surface area contributed by atoms with E-state index >= 15 is 0 Å². The van der Waals surface area contributed by atoms with Crippen LogP contribution in [0.4, 0.5) is 0 Å². The third-order valence-electron chi connectivity index (χ3n) is 4.92. The molecule has 1 saturated heterocycles. The topological polar surface area (TPSA) is 44.4 Å². The predicted molar refractivity (Wildman–Crippen MR) is 101 cm³/mol. The zero-order valence-corrected chi connectivity index (χ0v) is 15.0. The third kappa shape index (κ3) is 4.68. The molecule has 2 aromatic carbocycles. The van der Waals surface area contributed by atoms with Crippen LogP contribution < -0.4 is 10.6 Å². The molecule has 2 atom stereocenters. The van der Waals surface area contributed by atoms with Crippen LogP contribution in [-0.2, 0) is 13.1 Å². The Hall–Kier alpha value is -2.17. The second-order valence-corrected chi connectivity index (χ2v) is 6.92. The summed E-state index contributed by atoms with van der Waals surface area (Å²) in [5.74, 6) is 0.580. The Balaban J connectivity index is 1.54. The number of benzene rings is 2. The average molecular weight is 337 g/mol. The van der Waals surface area contributed by atoms with Crippen LogP contribution >= 0.6 is 0 Å². The molecule has 4 heteroatoms. The number of hydrogen-bond donors (Lipinski definition) is 2. The molecule has 1 amide bonds. The highest BCUT2D eigenvalue weighted by atomic mass is 16.1. The van der Waals surface area contributed by atoms with Crippen molar-refractivity contribution >= 4 is 5.91 Å². The van der Waals surface area contributed by atoms with E-state index in [9.17, 15) is 4.79 Å². The number of carbonyl (C=O) groups is 1. The Kier molecular flexibility index (Phi) is 5.84. The molecular weight excluding hydrogens is 310 g/mol. The summed E-state index contributed by atoms with van der Waals surface area (Å²) in [6.07, 6.45) is 0. The SMILES string of the molecule is CNC(=O)c1cccc(CN[C@H]2CN(Cc3ccccc3)C[C@@H]2C)c1. The fourth-order valence-corrected chi connectivity index (χ4v) is 3.52. The van der Waals surface area contributed by atoms with E-state index in [1.54, 1.807) is 7.05 Å². The van der Waals surface area contributed by atoms with E-state index in [-0.39, 0.29) is 5.91 Å². The molecule has 132 valence electrons. The van der Waals surface area contributed by atoms with Crippen molar-refractivity contribution in [1.82, 2.24) is 15.5 Å². The van der Waals surface area contributed by atoms with Gasteiger partial charge in [0.15, 0.2) is 0 Å². The van der Waals surface area contributed by atoms with Crippen molar-refractivity contribution in [1.29, 1.82) is 0 Å². The van der Waals surface area contributed by atoms with Gasteiger partial charge in [0.1, 0.15) is 0 Å². The van der Waals surface area contributed by atoms with Crippen molar-refractivity contribution in [3.8, 4) is 0 Å². The molecule has 1 aliphatic rings. The van der Waals surface area contributed by atoms with Gasteiger partial charge in [-0.15, -0.1) is 0 Å². The van der Waals surface area contributed by atoms with E-state index in [0.29, 0.717) is 17.5 Å². The van der Waals surface area contributed by atoms with Gasteiger partial charge >= 0.3 is 0 Å². The van der Waals surface area contributed by atoms with Gasteiger partial charge in [-0.2, -0.15) is 0 Å². The molecule has 0 unspecified atom stereocenters. The van der Waals surface area contributed by atoms with E-state index in [0.717, 1.165) is 31.7 Å². The van der Waals surface area contributed by atoms with E-state index in [1.165, 1.54) is 5.56 Å². The molecule has 25 heavy (non-hydrogen) atoms. The summed E-state index contributed by atoms with van der Waals surface area (Å²) in [5.41, 5.74) is 3.23. The van der Waals surface area contributed by atoms with Crippen molar-refractivity contribution < 1.29 is 4.79 Å². The van der Waals surface area contributed by atoms with Crippen molar-refractivity contribution in [3.63, 3.8) is 0 Å². The summed E-state index contributed by atoms with van der Waals surface area (Å²) in [6.45, 7) is 6.29. The predicted octanol–water partition coefficient (Wildman–Crippen LogP) is 2.66.